The molecule has 0 spiro atoms. The molecule has 0 unspecified atom stereocenters. The van der Waals surface area contributed by atoms with Crippen LogP contribution in [0.1, 0.15) is 71.8 Å². The Morgan fingerprint density at radius 3 is 0.768 bits per heavy atom. The summed E-state index contributed by atoms with van der Waals surface area (Å²) >= 11 is 0. The number of ether oxygens (including phenoxy) is 7. The highest BCUT2D eigenvalue weighted by Crippen LogP contribution is 2.44. The molecule has 0 aliphatic carbocycles. The summed E-state index contributed by atoms with van der Waals surface area (Å²) in [5, 5.41) is 13.5. The maximum atomic E-state index is 14.4. The number of fused-ring (bicyclic) bond motifs is 16. The zero-order valence-corrected chi connectivity index (χ0v) is 68.6. The molecule has 0 radical (unpaired) electrons. The number of carboxylic acid groups (broad SMARTS) is 1. The average Bonchev–Trinajstić information content (AvgIpc) is 1.62. The van der Waals surface area contributed by atoms with E-state index < -0.39 is 23.9 Å². The molecule has 19 rings (SSSR count). The second kappa shape index (κ2) is 33.5. The van der Waals surface area contributed by atoms with E-state index in [0.29, 0.717) is 85.3 Å². The number of amides is 1. The van der Waals surface area contributed by atoms with Crippen molar-refractivity contribution < 1.29 is 52.6 Å². The number of aliphatic carboxylic acids is 1. The molecule has 6 N–H and O–H groups in total. The van der Waals surface area contributed by atoms with Gasteiger partial charge in [0.15, 0.2) is 0 Å². The molecule has 15 aromatic rings. The van der Waals surface area contributed by atoms with Gasteiger partial charge < -0.3 is 63.5 Å². The molecule has 20 heteroatoms. The van der Waals surface area contributed by atoms with Crippen LogP contribution in [-0.2, 0) is 11.2 Å². The summed E-state index contributed by atoms with van der Waals surface area (Å²) in [6.07, 6.45) is 16.0. The molecule has 1 amide bonds. The number of H-pyrrole nitrogens is 4. The van der Waals surface area contributed by atoms with Gasteiger partial charge in [-0.2, -0.15) is 0 Å². The van der Waals surface area contributed by atoms with Gasteiger partial charge in [-0.15, -0.1) is 0 Å². The second-order valence-corrected chi connectivity index (χ2v) is 30.2. The molecule has 1 atom stereocenters. The average molecular weight is 1640 g/mol. The Kier molecular flexibility index (Phi) is 21.0. The topological polar surface area (TPSA) is 263 Å². The van der Waals surface area contributed by atoms with Crippen LogP contribution in [-0.4, -0.2) is 112 Å². The number of aromatic nitrogens is 8. The first-order valence-corrected chi connectivity index (χ1v) is 40.5. The molecule has 125 heavy (non-hydrogen) atoms. The van der Waals surface area contributed by atoms with Crippen molar-refractivity contribution in [2.45, 2.75) is 12.5 Å². The van der Waals surface area contributed by atoms with Crippen LogP contribution in [0.5, 0.6) is 40.2 Å². The maximum absolute atomic E-state index is 14.4. The Balaban J connectivity index is 0.623. The van der Waals surface area contributed by atoms with Crippen LogP contribution in [0.3, 0.4) is 0 Å². The zero-order chi connectivity index (χ0) is 85.3. The van der Waals surface area contributed by atoms with Crippen molar-refractivity contribution in [3.05, 3.63) is 329 Å². The van der Waals surface area contributed by atoms with E-state index in [9.17, 15) is 19.5 Å². The van der Waals surface area contributed by atoms with Crippen molar-refractivity contribution in [3.63, 3.8) is 0 Å². The number of methoxy groups -OCH3 is 6. The van der Waals surface area contributed by atoms with E-state index in [2.05, 4.69) is 55.6 Å². The number of rotatable bonds is 21. The van der Waals surface area contributed by atoms with Crippen molar-refractivity contribution in [2.75, 3.05) is 42.7 Å². The Hall–Kier alpha value is -16.6. The van der Waals surface area contributed by atoms with Gasteiger partial charge in [0.2, 0.25) is 0 Å². The number of hydrogen-bond acceptors (Lipinski definition) is 14. The quantitative estimate of drug-likeness (QED) is 0.0289. The monoisotopic (exact) mass is 1640 g/mol. The lowest BCUT2D eigenvalue weighted by atomic mass is 10.0. The molecule has 10 heterocycles. The fourth-order valence-electron chi connectivity index (χ4n) is 16.6. The van der Waals surface area contributed by atoms with Crippen LogP contribution in [0.25, 0.3) is 182 Å². The molecular formula is C105H79N9O11. The van der Waals surface area contributed by atoms with Crippen molar-refractivity contribution in [1.82, 2.24) is 45.2 Å². The van der Waals surface area contributed by atoms with Crippen molar-refractivity contribution in [3.8, 4) is 129 Å². The molecule has 20 nitrogen and oxygen atoms in total. The number of carbonyl (C=O) groups is 3. The first-order valence-electron chi connectivity index (χ1n) is 40.5. The lowest BCUT2D eigenvalue weighted by Gasteiger charge is -2.15. The highest BCUT2D eigenvalue weighted by molar-refractivity contribution is 6.05. The van der Waals surface area contributed by atoms with E-state index in [0.717, 1.165) is 133 Å². The zero-order valence-electron chi connectivity index (χ0n) is 68.6. The van der Waals surface area contributed by atoms with Crippen LogP contribution in [0, 0.1) is 0 Å². The summed E-state index contributed by atoms with van der Waals surface area (Å²) < 4.78 is 40.7. The van der Waals surface area contributed by atoms with E-state index in [1.807, 2.05) is 237 Å². The first kappa shape index (κ1) is 78.3. The molecule has 4 aliphatic rings. The second-order valence-electron chi connectivity index (χ2n) is 30.2. The Morgan fingerprint density at radius 2 is 0.528 bits per heavy atom. The third-order valence-electron chi connectivity index (χ3n) is 22.7. The van der Waals surface area contributed by atoms with Crippen LogP contribution in [0.2, 0.25) is 0 Å². The Morgan fingerprint density at radius 1 is 0.288 bits per heavy atom. The number of esters is 1. The highest BCUT2D eigenvalue weighted by Gasteiger charge is 2.27. The number of nitrogens with one attached hydrogen (secondary N) is 5. The predicted octanol–water partition coefficient (Wildman–Crippen LogP) is 22.7. The van der Waals surface area contributed by atoms with Gasteiger partial charge in [-0.25, -0.2) is 29.5 Å². The Labute approximate surface area is 717 Å². The molecule has 610 valence electrons. The lowest BCUT2D eigenvalue weighted by molar-refractivity contribution is -0.139. The van der Waals surface area contributed by atoms with Gasteiger partial charge in [-0.3, -0.25) is 4.79 Å². The Bertz CT molecular complexity index is 7280. The molecule has 0 fully saturated rings. The van der Waals surface area contributed by atoms with Crippen molar-refractivity contribution in [2.24, 2.45) is 0 Å². The van der Waals surface area contributed by atoms with Gasteiger partial charge in [0, 0.05) is 101 Å². The fourth-order valence-corrected chi connectivity index (χ4v) is 16.6. The standard InChI is InChI=1S/C105H79N9O11/c1-119-72-19-7-13-65(54-72)97-82-41-37-78(106-82)95(79-38-42-83(107-79)98(66-14-8-20-73(55-66)120-2)87-46-50-91(111-87)101(90-49-45-86(97)110-90)69-17-11-23-76(58-69)123-5)61-27-31-63(32-28-61)103(115)114-94(104(116)117)53-60-25-35-71(36-26-60)125-105(118)64-33-29-62(30-34-64)96-80-39-43-84(108-80)99(67-15-9-21-74(56-67)121-3)88-47-51-92(112-88)102(70-18-12-24-77(59-70)124-6)93-52-48-89(113-93)100(85-44-40-81(96)109-85)68-16-10-22-75(57-68)122-4/h7-52,54-59,94,106,108,111,113H,53H2,1-6H3,(H,114,115)(H,116,117)/t94-/m0/s1. The molecule has 0 saturated carbocycles. The number of hydrogen-bond donors (Lipinski definition) is 6. The minimum absolute atomic E-state index is 0.0893. The number of nitrogens with zero attached hydrogens (tertiary/aromatic N) is 4. The predicted molar refractivity (Wildman–Crippen MR) is 495 cm³/mol. The maximum Gasteiger partial charge on any atom is 0.343 e. The van der Waals surface area contributed by atoms with E-state index in [1.54, 1.807) is 91.2 Å². The highest BCUT2D eigenvalue weighted by atomic mass is 16.5. The fraction of sp³-hybridized carbons (Fsp3) is 0.0762. The summed E-state index contributed by atoms with van der Waals surface area (Å²) in [4.78, 5) is 78.8. The van der Waals surface area contributed by atoms with E-state index in [-0.39, 0.29) is 23.3 Å². The van der Waals surface area contributed by atoms with Gasteiger partial charge in [-0.1, -0.05) is 109 Å². The number of benzene rings is 9. The summed E-state index contributed by atoms with van der Waals surface area (Å²) in [6, 6.07) is 83.2. The number of aromatic amines is 4. The van der Waals surface area contributed by atoms with Crippen LogP contribution in [0.4, 0.5) is 0 Å². The number of carboxylic acids is 1. The first-order chi connectivity index (χ1) is 61.2. The molecule has 9 aromatic carbocycles. The van der Waals surface area contributed by atoms with E-state index in [1.165, 1.54) is 0 Å². The van der Waals surface area contributed by atoms with Gasteiger partial charge in [0.25, 0.3) is 5.91 Å². The lowest BCUT2D eigenvalue weighted by Crippen LogP contribution is -2.42. The summed E-state index contributed by atoms with van der Waals surface area (Å²) in [6.45, 7) is 0. The van der Waals surface area contributed by atoms with Crippen LogP contribution >= 0.6 is 0 Å². The smallest absolute Gasteiger partial charge is 0.343 e. The van der Waals surface area contributed by atoms with Gasteiger partial charge in [-0.05, 0) is 256 Å². The number of carbonyl (C=O) groups excluding carboxylic acids is 2. The summed E-state index contributed by atoms with van der Waals surface area (Å²) in [5.74, 6) is 1.84. The minimum atomic E-state index is -1.35. The molecule has 0 saturated heterocycles. The third kappa shape index (κ3) is 15.5. The van der Waals surface area contributed by atoms with Crippen LogP contribution < -0.4 is 38.5 Å². The molecule has 4 aliphatic heterocycles. The third-order valence-corrected chi connectivity index (χ3v) is 22.7. The molecule has 16 bridgehead atoms. The molecule has 6 aromatic heterocycles. The van der Waals surface area contributed by atoms with Crippen molar-refractivity contribution in [1.29, 1.82) is 0 Å². The van der Waals surface area contributed by atoms with Crippen molar-refractivity contribution >= 4 is 111 Å². The van der Waals surface area contributed by atoms with E-state index in [4.69, 9.17) is 53.1 Å². The summed E-state index contributed by atoms with van der Waals surface area (Å²) in [5.41, 5.74) is 25.9. The molecular weight excluding hydrogens is 1560 g/mol. The largest absolute Gasteiger partial charge is 0.497 e. The van der Waals surface area contributed by atoms with Gasteiger partial charge in [0.1, 0.15) is 46.3 Å². The van der Waals surface area contributed by atoms with Crippen LogP contribution in [0.15, 0.2) is 267 Å². The SMILES string of the molecule is COc1cccc(-c2c3nc(c(-c4cccc(OC)c4)c4ccc([nH]4)c(-c4cccc(OC)c4)c4nc(c(-c5ccc(C(=O)N[C@@H](Cc6ccc(OC(=O)c7ccc(-c8c9nc(c(-c%10cccc(OC)c%10)c%10ccc([nH]%10)c(-c%10cccc(OC)c%10)c%10nc(c(-c%11cccc(OC)c%11)c%11ccc8[nH]%11)C=C%10)C=C9)cc7)cc6)C(=O)O)cc5)c5ccc2[nH]5)C=C4)C=C3)c1. The van der Waals surface area contributed by atoms with Gasteiger partial charge >= 0.3 is 11.9 Å². The minimum Gasteiger partial charge on any atom is -0.497 e. The summed E-state index contributed by atoms with van der Waals surface area (Å²) in [7, 11) is 9.89. The van der Waals surface area contributed by atoms with E-state index >= 15 is 0 Å². The normalized spacial score (nSPS) is 12.1. The van der Waals surface area contributed by atoms with Gasteiger partial charge in [0.05, 0.1) is 93.8 Å².